The minimum Gasteiger partial charge on any atom is -0.547 e. The van der Waals surface area contributed by atoms with E-state index < -0.39 is 34.3 Å². The summed E-state index contributed by atoms with van der Waals surface area (Å²) in [6.45, 7) is 13.8. The number of allylic oxidation sites excluding steroid dienone is 1. The summed E-state index contributed by atoms with van der Waals surface area (Å²) in [5.41, 5.74) is 0.584. The molecule has 6 nitrogen and oxygen atoms in total. The Morgan fingerprint density at radius 3 is 2.08 bits per heavy atom. The largest absolute Gasteiger partial charge is 0.547 e. The number of hydrogen-bond donors (Lipinski definition) is 0. The number of esters is 1. The summed E-state index contributed by atoms with van der Waals surface area (Å²) in [6, 6.07) is 0. The van der Waals surface area contributed by atoms with Crippen molar-refractivity contribution in [2.45, 2.75) is 58.4 Å². The van der Waals surface area contributed by atoms with E-state index in [1.165, 1.54) is 27.2 Å². The zero-order valence-corrected chi connectivity index (χ0v) is 19.4. The van der Waals surface area contributed by atoms with Crippen LogP contribution in [0.1, 0.15) is 13.3 Å². The van der Waals surface area contributed by atoms with E-state index in [4.69, 9.17) is 18.3 Å². The quantitative estimate of drug-likeness (QED) is 0.281. The van der Waals surface area contributed by atoms with Crippen LogP contribution in [0.3, 0.4) is 0 Å². The van der Waals surface area contributed by atoms with Crippen LogP contribution in [0.15, 0.2) is 23.5 Å². The molecule has 0 amide bonds. The van der Waals surface area contributed by atoms with E-state index >= 15 is 0 Å². The molecular formula is C18H32O6Si2. The Morgan fingerprint density at radius 1 is 1.12 bits per heavy atom. The number of carbonyl (C=O) groups is 2. The summed E-state index contributed by atoms with van der Waals surface area (Å²) in [6.07, 6.45) is 3.49. The molecule has 0 spiro atoms. The molecule has 0 aliphatic heterocycles. The molecule has 8 heteroatoms. The first-order valence-electron chi connectivity index (χ1n) is 8.68. The Morgan fingerprint density at radius 2 is 1.69 bits per heavy atom. The average molecular weight is 401 g/mol. The van der Waals surface area contributed by atoms with Crippen LogP contribution in [0.2, 0.25) is 39.3 Å². The van der Waals surface area contributed by atoms with Crippen molar-refractivity contribution in [1.82, 2.24) is 0 Å². The van der Waals surface area contributed by atoms with Crippen LogP contribution in [0, 0.1) is 5.92 Å². The molecular weight excluding hydrogens is 368 g/mol. The number of methoxy groups -OCH3 is 2. The number of Topliss-reactive ketones (excluding diaryl/α,β-unsaturated/α-hetero) is 1. The van der Waals surface area contributed by atoms with Gasteiger partial charge in [-0.05, 0) is 51.8 Å². The van der Waals surface area contributed by atoms with Gasteiger partial charge < -0.3 is 18.3 Å². The molecule has 0 fully saturated rings. The van der Waals surface area contributed by atoms with Gasteiger partial charge in [0.15, 0.2) is 14.1 Å². The summed E-state index contributed by atoms with van der Waals surface area (Å²) >= 11 is 0. The topological polar surface area (TPSA) is 71.1 Å². The van der Waals surface area contributed by atoms with Crippen LogP contribution in [0.25, 0.3) is 0 Å². The van der Waals surface area contributed by atoms with E-state index in [9.17, 15) is 9.59 Å². The zero-order valence-electron chi connectivity index (χ0n) is 17.4. The van der Waals surface area contributed by atoms with E-state index in [0.717, 1.165) is 0 Å². The van der Waals surface area contributed by atoms with E-state index in [0.29, 0.717) is 17.8 Å². The molecule has 1 aliphatic rings. The van der Waals surface area contributed by atoms with Gasteiger partial charge in [0.1, 0.15) is 5.78 Å². The molecule has 0 aromatic rings. The van der Waals surface area contributed by atoms with E-state index in [-0.39, 0.29) is 5.78 Å². The smallest absolute Gasteiger partial charge is 0.330 e. The van der Waals surface area contributed by atoms with Gasteiger partial charge in [-0.1, -0.05) is 0 Å². The van der Waals surface area contributed by atoms with Gasteiger partial charge in [-0.15, -0.1) is 0 Å². The Bertz CT molecular complexity index is 612. The maximum Gasteiger partial charge on any atom is 0.330 e. The lowest BCUT2D eigenvalue weighted by Crippen LogP contribution is -2.53. The molecule has 0 bridgehead atoms. The van der Waals surface area contributed by atoms with Gasteiger partial charge in [0.25, 0.3) is 0 Å². The maximum atomic E-state index is 12.5. The normalized spacial score (nSPS) is 25.7. The van der Waals surface area contributed by atoms with Gasteiger partial charge in [0.05, 0.1) is 18.8 Å². The van der Waals surface area contributed by atoms with Crippen LogP contribution in [-0.2, 0) is 27.9 Å². The molecule has 0 aromatic carbocycles. The van der Waals surface area contributed by atoms with Crippen molar-refractivity contribution < 1.29 is 27.9 Å². The van der Waals surface area contributed by atoms with Gasteiger partial charge in [-0.3, -0.25) is 4.79 Å². The van der Waals surface area contributed by atoms with E-state index in [2.05, 4.69) is 19.6 Å². The lowest BCUT2D eigenvalue weighted by molar-refractivity contribution is -0.172. The fourth-order valence-electron chi connectivity index (χ4n) is 3.05. The molecule has 1 aliphatic carbocycles. The van der Waals surface area contributed by atoms with Crippen molar-refractivity contribution in [3.05, 3.63) is 23.5 Å². The molecule has 0 radical (unpaired) electrons. The molecule has 1 rings (SSSR count). The molecule has 0 aromatic heterocycles. The molecule has 0 N–H and O–H groups in total. The average Bonchev–Trinajstić information content (AvgIpc) is 2.42. The van der Waals surface area contributed by atoms with Gasteiger partial charge in [0.2, 0.25) is 8.32 Å². The SMILES string of the molecule is COC(=O)/C=C1\CC(O[Si](C)(C)C)=CC(OC)(O[Si](C)(C)C)C1C(C)=O. The minimum atomic E-state index is -2.10. The molecule has 0 saturated heterocycles. The van der Waals surface area contributed by atoms with E-state index in [1.54, 1.807) is 6.08 Å². The molecule has 26 heavy (non-hydrogen) atoms. The summed E-state index contributed by atoms with van der Waals surface area (Å²) in [4.78, 5) is 24.4. The van der Waals surface area contributed by atoms with Gasteiger partial charge in [-0.2, -0.15) is 0 Å². The number of ether oxygens (including phenoxy) is 2. The number of hydrogen-bond acceptors (Lipinski definition) is 6. The van der Waals surface area contributed by atoms with Crippen LogP contribution in [-0.4, -0.2) is 48.4 Å². The lowest BCUT2D eigenvalue weighted by atomic mass is 9.80. The second-order valence-electron chi connectivity index (χ2n) is 8.43. The Balaban J connectivity index is 3.59. The third-order valence-corrected chi connectivity index (χ3v) is 5.45. The highest BCUT2D eigenvalue weighted by molar-refractivity contribution is 6.70. The molecule has 2 atom stereocenters. The van der Waals surface area contributed by atoms with Crippen LogP contribution in [0.4, 0.5) is 0 Å². The summed E-state index contributed by atoms with van der Waals surface area (Å²) in [7, 11) is -1.18. The predicted molar refractivity (Wildman–Crippen MR) is 106 cm³/mol. The van der Waals surface area contributed by atoms with Crippen LogP contribution < -0.4 is 0 Å². The Hall–Kier alpha value is -1.23. The molecule has 148 valence electrons. The second kappa shape index (κ2) is 8.20. The number of ketones is 1. The van der Waals surface area contributed by atoms with Crippen molar-refractivity contribution in [1.29, 1.82) is 0 Å². The monoisotopic (exact) mass is 400 g/mol. The minimum absolute atomic E-state index is 0.136. The zero-order chi connectivity index (χ0) is 20.3. The first-order valence-corrected chi connectivity index (χ1v) is 15.5. The van der Waals surface area contributed by atoms with Crippen LogP contribution >= 0.6 is 0 Å². The van der Waals surface area contributed by atoms with Crippen molar-refractivity contribution in [2.75, 3.05) is 14.2 Å². The highest BCUT2D eigenvalue weighted by atomic mass is 28.4. The number of carbonyl (C=O) groups excluding carboxylic acids is 2. The van der Waals surface area contributed by atoms with Crippen LogP contribution in [0.5, 0.6) is 0 Å². The predicted octanol–water partition coefficient (Wildman–Crippen LogP) is 3.62. The molecule has 0 saturated carbocycles. The summed E-state index contributed by atoms with van der Waals surface area (Å²) in [5.74, 6) is -2.00. The lowest BCUT2D eigenvalue weighted by Gasteiger charge is -2.44. The van der Waals surface area contributed by atoms with Gasteiger partial charge >= 0.3 is 5.97 Å². The fraction of sp³-hybridized carbons (Fsp3) is 0.667. The van der Waals surface area contributed by atoms with Gasteiger partial charge in [-0.25, -0.2) is 4.79 Å². The molecule has 0 heterocycles. The molecule has 2 unspecified atom stereocenters. The highest BCUT2D eigenvalue weighted by Gasteiger charge is 2.50. The van der Waals surface area contributed by atoms with Crippen molar-refractivity contribution in [3.63, 3.8) is 0 Å². The van der Waals surface area contributed by atoms with Crippen molar-refractivity contribution in [3.8, 4) is 0 Å². The first-order chi connectivity index (χ1) is 11.7. The van der Waals surface area contributed by atoms with Crippen molar-refractivity contribution >= 4 is 28.4 Å². The van der Waals surface area contributed by atoms with Crippen molar-refractivity contribution in [2.24, 2.45) is 5.92 Å². The van der Waals surface area contributed by atoms with E-state index in [1.807, 2.05) is 19.6 Å². The summed E-state index contributed by atoms with van der Waals surface area (Å²) in [5, 5.41) is 0. The fourth-order valence-corrected chi connectivity index (χ4v) is 5.19. The summed E-state index contributed by atoms with van der Waals surface area (Å²) < 4.78 is 23.1. The Kier molecular flexibility index (Phi) is 7.20. The highest BCUT2D eigenvalue weighted by Crippen LogP contribution is 2.42. The standard InChI is InChI=1S/C18H32O6Si2/c1-13(19)17-14(11-16(20)21-2)10-15(23-25(4,5)6)12-18(17,22-3)24-26(7,8)9/h11-12,17H,10H2,1-9H3/b14-11+. The number of rotatable bonds is 7. The third-order valence-electron chi connectivity index (χ3n) is 3.65. The third kappa shape index (κ3) is 6.19. The Labute approximate surface area is 158 Å². The van der Waals surface area contributed by atoms with Gasteiger partial charge in [0, 0.05) is 25.7 Å². The second-order valence-corrected chi connectivity index (χ2v) is 17.3. The maximum absolute atomic E-state index is 12.5. The first kappa shape index (κ1) is 22.8.